The Morgan fingerprint density at radius 2 is 2.44 bits per heavy atom. The maximum atomic E-state index is 12.2. The van der Waals surface area contributed by atoms with E-state index in [1.807, 2.05) is 11.8 Å². The molecule has 2 heterocycles. The Labute approximate surface area is 100 Å². The first-order valence-corrected chi connectivity index (χ1v) is 6.09. The number of halogens is 1. The average Bonchev–Trinajstić information content (AvgIpc) is 2.83. The highest BCUT2D eigenvalue weighted by Gasteiger charge is 2.34. The monoisotopic (exact) mass is 241 g/mol. The fourth-order valence-electron chi connectivity index (χ4n) is 2.22. The molecule has 0 bridgehead atoms. The lowest BCUT2D eigenvalue weighted by Crippen LogP contribution is -2.38. The van der Waals surface area contributed by atoms with Gasteiger partial charge in [0.1, 0.15) is 12.0 Å². The molecule has 3 nitrogen and oxygen atoms in total. The molecule has 16 heavy (non-hydrogen) atoms. The van der Waals surface area contributed by atoms with E-state index in [1.54, 1.807) is 6.07 Å². The molecule has 2 rings (SSSR count). The zero-order valence-electron chi connectivity index (χ0n) is 9.57. The fraction of sp³-hybridized carbons (Fsp3) is 0.583. The Kier molecular flexibility index (Phi) is 3.24. The van der Waals surface area contributed by atoms with Gasteiger partial charge in [0.25, 0.3) is 5.91 Å². The number of furan rings is 1. The minimum absolute atomic E-state index is 0.0341. The van der Waals surface area contributed by atoms with E-state index in [-0.39, 0.29) is 11.9 Å². The molecule has 88 valence electrons. The van der Waals surface area contributed by atoms with E-state index in [2.05, 4.69) is 6.92 Å². The summed E-state index contributed by atoms with van der Waals surface area (Å²) in [6.45, 7) is 4.77. The van der Waals surface area contributed by atoms with Crippen LogP contribution in [0.1, 0.15) is 29.5 Å². The Bertz CT molecular complexity index is 388. The third-order valence-corrected chi connectivity index (χ3v) is 3.60. The minimum Gasteiger partial charge on any atom is -0.469 e. The van der Waals surface area contributed by atoms with Crippen LogP contribution >= 0.6 is 11.6 Å². The van der Waals surface area contributed by atoms with Crippen molar-refractivity contribution in [2.75, 3.05) is 12.4 Å². The summed E-state index contributed by atoms with van der Waals surface area (Å²) in [4.78, 5) is 14.0. The molecule has 1 aliphatic heterocycles. The highest BCUT2D eigenvalue weighted by molar-refractivity contribution is 6.18. The summed E-state index contributed by atoms with van der Waals surface area (Å²) in [6, 6.07) is 1.93. The molecule has 0 radical (unpaired) electrons. The van der Waals surface area contributed by atoms with Gasteiger partial charge in [0.05, 0.1) is 5.56 Å². The molecule has 1 amide bonds. The standard InChI is InChI=1S/C12H16ClNO2/c1-8-3-4-14(11(8)6-13)12(15)10-5-9(2)16-7-10/h5,7-8,11H,3-4,6H2,1-2H3. The van der Waals surface area contributed by atoms with Gasteiger partial charge in [-0.1, -0.05) is 6.92 Å². The first-order chi connectivity index (χ1) is 7.63. The third kappa shape index (κ3) is 1.96. The summed E-state index contributed by atoms with van der Waals surface area (Å²) < 4.78 is 5.16. The van der Waals surface area contributed by atoms with Crippen LogP contribution in [0.3, 0.4) is 0 Å². The zero-order valence-corrected chi connectivity index (χ0v) is 10.3. The van der Waals surface area contributed by atoms with Crippen molar-refractivity contribution in [3.8, 4) is 0 Å². The number of rotatable bonds is 2. The molecule has 0 N–H and O–H groups in total. The average molecular weight is 242 g/mol. The van der Waals surface area contributed by atoms with E-state index in [4.69, 9.17) is 16.0 Å². The van der Waals surface area contributed by atoms with E-state index in [1.165, 1.54) is 6.26 Å². The lowest BCUT2D eigenvalue weighted by atomic mass is 10.0. The number of nitrogens with zero attached hydrogens (tertiary/aromatic N) is 1. The number of hydrogen-bond acceptors (Lipinski definition) is 2. The lowest BCUT2D eigenvalue weighted by Gasteiger charge is -2.24. The van der Waals surface area contributed by atoms with Gasteiger partial charge in [-0.25, -0.2) is 0 Å². The molecule has 1 fully saturated rings. The first-order valence-electron chi connectivity index (χ1n) is 5.55. The molecule has 0 saturated carbocycles. The van der Waals surface area contributed by atoms with Crippen LogP contribution in [-0.2, 0) is 0 Å². The van der Waals surface area contributed by atoms with Crippen molar-refractivity contribution < 1.29 is 9.21 Å². The van der Waals surface area contributed by atoms with Crippen molar-refractivity contribution in [3.63, 3.8) is 0 Å². The molecular weight excluding hydrogens is 226 g/mol. The number of likely N-dealkylation sites (tertiary alicyclic amines) is 1. The van der Waals surface area contributed by atoms with Crippen LogP contribution in [0.4, 0.5) is 0 Å². The molecule has 1 saturated heterocycles. The van der Waals surface area contributed by atoms with Crippen LogP contribution in [0, 0.1) is 12.8 Å². The van der Waals surface area contributed by atoms with Gasteiger partial charge in [0, 0.05) is 18.5 Å². The number of carbonyl (C=O) groups is 1. The number of alkyl halides is 1. The smallest absolute Gasteiger partial charge is 0.257 e. The predicted octanol–water partition coefficient (Wildman–Crippen LogP) is 2.68. The molecule has 1 aromatic heterocycles. The van der Waals surface area contributed by atoms with Crippen molar-refractivity contribution in [2.24, 2.45) is 5.92 Å². The summed E-state index contributed by atoms with van der Waals surface area (Å²) in [5.41, 5.74) is 0.627. The van der Waals surface area contributed by atoms with E-state index in [0.717, 1.165) is 18.7 Å². The number of hydrogen-bond donors (Lipinski definition) is 0. The van der Waals surface area contributed by atoms with Crippen LogP contribution in [0.15, 0.2) is 16.7 Å². The zero-order chi connectivity index (χ0) is 11.7. The van der Waals surface area contributed by atoms with Gasteiger partial charge in [0.2, 0.25) is 0 Å². The largest absolute Gasteiger partial charge is 0.469 e. The molecule has 0 aliphatic carbocycles. The van der Waals surface area contributed by atoms with Crippen LogP contribution < -0.4 is 0 Å². The fourth-order valence-corrected chi connectivity index (χ4v) is 2.69. The topological polar surface area (TPSA) is 33.5 Å². The van der Waals surface area contributed by atoms with Crippen molar-refractivity contribution >= 4 is 17.5 Å². The van der Waals surface area contributed by atoms with Crippen molar-refractivity contribution in [1.29, 1.82) is 0 Å². The van der Waals surface area contributed by atoms with Gasteiger partial charge < -0.3 is 9.32 Å². The van der Waals surface area contributed by atoms with Crippen LogP contribution in [-0.4, -0.2) is 29.3 Å². The van der Waals surface area contributed by atoms with Gasteiger partial charge in [-0.15, -0.1) is 11.6 Å². The second-order valence-corrected chi connectivity index (χ2v) is 4.74. The highest BCUT2D eigenvalue weighted by atomic mass is 35.5. The molecule has 4 heteroatoms. The van der Waals surface area contributed by atoms with Gasteiger partial charge in [0.15, 0.2) is 0 Å². The minimum atomic E-state index is 0.0341. The molecule has 2 atom stereocenters. The lowest BCUT2D eigenvalue weighted by molar-refractivity contribution is 0.0736. The van der Waals surface area contributed by atoms with Gasteiger partial charge >= 0.3 is 0 Å². The van der Waals surface area contributed by atoms with Crippen LogP contribution in [0.2, 0.25) is 0 Å². The highest BCUT2D eigenvalue weighted by Crippen LogP contribution is 2.26. The molecule has 1 aliphatic rings. The maximum Gasteiger partial charge on any atom is 0.257 e. The van der Waals surface area contributed by atoms with Crippen molar-refractivity contribution in [3.05, 3.63) is 23.7 Å². The summed E-state index contributed by atoms with van der Waals surface area (Å²) in [6.07, 6.45) is 2.55. The van der Waals surface area contributed by atoms with Gasteiger partial charge in [-0.2, -0.15) is 0 Å². The quantitative estimate of drug-likeness (QED) is 0.746. The second kappa shape index (κ2) is 4.50. The van der Waals surface area contributed by atoms with Gasteiger partial charge in [-0.05, 0) is 25.3 Å². The molecule has 1 aromatic rings. The molecular formula is C12H16ClNO2. The summed E-state index contributed by atoms with van der Waals surface area (Å²) in [5, 5.41) is 0. The van der Waals surface area contributed by atoms with E-state index < -0.39 is 0 Å². The molecule has 0 aromatic carbocycles. The molecule has 2 unspecified atom stereocenters. The Balaban J connectivity index is 2.16. The van der Waals surface area contributed by atoms with E-state index in [0.29, 0.717) is 17.4 Å². The number of aryl methyl sites for hydroxylation is 1. The van der Waals surface area contributed by atoms with Crippen LogP contribution in [0.5, 0.6) is 0 Å². The SMILES string of the molecule is Cc1cc(C(=O)N2CCC(C)C2CCl)co1. The van der Waals surface area contributed by atoms with E-state index >= 15 is 0 Å². The predicted molar refractivity (Wildman–Crippen MR) is 62.8 cm³/mol. The second-order valence-electron chi connectivity index (χ2n) is 4.43. The maximum absolute atomic E-state index is 12.2. The van der Waals surface area contributed by atoms with E-state index in [9.17, 15) is 4.79 Å². The number of amides is 1. The Morgan fingerprint density at radius 1 is 1.69 bits per heavy atom. The van der Waals surface area contributed by atoms with Gasteiger partial charge in [-0.3, -0.25) is 4.79 Å². The summed E-state index contributed by atoms with van der Waals surface area (Å²) >= 11 is 5.92. The summed E-state index contributed by atoms with van der Waals surface area (Å²) in [5.74, 6) is 1.78. The Hall–Kier alpha value is -0.960. The normalized spacial score (nSPS) is 25.1. The van der Waals surface area contributed by atoms with Crippen molar-refractivity contribution in [2.45, 2.75) is 26.3 Å². The third-order valence-electron chi connectivity index (χ3n) is 3.28. The first kappa shape index (κ1) is 11.5. The Morgan fingerprint density at radius 3 is 3.00 bits per heavy atom. The summed E-state index contributed by atoms with van der Waals surface area (Å²) in [7, 11) is 0. The van der Waals surface area contributed by atoms with Crippen molar-refractivity contribution in [1.82, 2.24) is 4.90 Å². The van der Waals surface area contributed by atoms with Crippen LogP contribution in [0.25, 0.3) is 0 Å². The molecule has 0 spiro atoms. The number of carbonyl (C=O) groups excluding carboxylic acids is 1.